The van der Waals surface area contributed by atoms with Crippen molar-refractivity contribution in [3.63, 3.8) is 0 Å². The van der Waals surface area contributed by atoms with Gasteiger partial charge in [-0.05, 0) is 42.5 Å². The Morgan fingerprint density at radius 3 is 2.30 bits per heavy atom. The highest BCUT2D eigenvalue weighted by atomic mass is 35.5. The molecular formula is C25H21ClN2O5. The summed E-state index contributed by atoms with van der Waals surface area (Å²) >= 11 is 6.12. The van der Waals surface area contributed by atoms with Crippen LogP contribution in [-0.2, 0) is 14.4 Å². The van der Waals surface area contributed by atoms with Gasteiger partial charge in [0.25, 0.3) is 5.91 Å². The quantitative estimate of drug-likeness (QED) is 0.521. The fourth-order valence-corrected chi connectivity index (χ4v) is 4.65. The maximum absolute atomic E-state index is 13.7. The van der Waals surface area contributed by atoms with Gasteiger partial charge in [-0.1, -0.05) is 35.9 Å². The van der Waals surface area contributed by atoms with Crippen molar-refractivity contribution < 1.29 is 23.9 Å². The average Bonchev–Trinajstić information content (AvgIpc) is 3.35. The zero-order valence-electron chi connectivity index (χ0n) is 18.0. The Kier molecular flexibility index (Phi) is 5.44. The number of para-hydroxylation sites is 1. The molecule has 7 nitrogen and oxygen atoms in total. The van der Waals surface area contributed by atoms with Crippen LogP contribution in [0.4, 0.5) is 11.4 Å². The van der Waals surface area contributed by atoms with Gasteiger partial charge < -0.3 is 9.47 Å². The molecule has 2 heterocycles. The van der Waals surface area contributed by atoms with Crippen molar-refractivity contribution in [1.82, 2.24) is 0 Å². The standard InChI is InChI=1S/C25H21ClN2O5/c1-31-18-11-12-19(20(14-18)32-2)22-21-23(33-28(22)16-8-4-3-5-9-16)25(30)27(24(21)29)17-10-6-7-15(26)13-17/h3-14,21-23H,1-2H3/t21-,22+,23-/m0/s1. The van der Waals surface area contributed by atoms with Crippen molar-refractivity contribution >= 4 is 34.8 Å². The molecule has 0 aliphatic carbocycles. The summed E-state index contributed by atoms with van der Waals surface area (Å²) in [7, 11) is 3.12. The largest absolute Gasteiger partial charge is 0.497 e. The molecule has 2 aliphatic rings. The molecule has 0 unspecified atom stereocenters. The smallest absolute Gasteiger partial charge is 0.266 e. The molecule has 0 saturated carbocycles. The van der Waals surface area contributed by atoms with Crippen molar-refractivity contribution in [2.24, 2.45) is 5.92 Å². The minimum atomic E-state index is -0.978. The number of nitrogens with zero attached hydrogens (tertiary/aromatic N) is 2. The molecule has 2 fully saturated rings. The zero-order chi connectivity index (χ0) is 23.1. The Labute approximate surface area is 196 Å². The Bertz CT molecular complexity index is 1220. The number of fused-ring (bicyclic) bond motifs is 1. The maximum Gasteiger partial charge on any atom is 0.266 e. The molecule has 2 aliphatic heterocycles. The lowest BCUT2D eigenvalue weighted by molar-refractivity contribution is -0.126. The van der Waals surface area contributed by atoms with Gasteiger partial charge in [0.1, 0.15) is 17.4 Å². The Hall–Kier alpha value is -3.55. The van der Waals surface area contributed by atoms with Crippen LogP contribution in [0.15, 0.2) is 72.8 Å². The second kappa shape index (κ2) is 8.42. The topological polar surface area (TPSA) is 68.3 Å². The van der Waals surface area contributed by atoms with Crippen LogP contribution in [0.2, 0.25) is 5.02 Å². The van der Waals surface area contributed by atoms with E-state index in [0.29, 0.717) is 27.8 Å². The minimum Gasteiger partial charge on any atom is -0.497 e. The highest BCUT2D eigenvalue weighted by molar-refractivity contribution is 6.31. The molecule has 0 spiro atoms. The number of benzene rings is 3. The highest BCUT2D eigenvalue weighted by Crippen LogP contribution is 2.50. The number of hydroxylamine groups is 1. The molecule has 0 aromatic heterocycles. The van der Waals surface area contributed by atoms with Crippen LogP contribution >= 0.6 is 11.6 Å². The first-order valence-electron chi connectivity index (χ1n) is 10.4. The van der Waals surface area contributed by atoms with Crippen molar-refractivity contribution in [2.45, 2.75) is 12.1 Å². The molecule has 5 rings (SSSR count). The number of imide groups is 1. The molecule has 3 aromatic carbocycles. The van der Waals surface area contributed by atoms with Gasteiger partial charge in [-0.25, -0.2) is 9.96 Å². The lowest BCUT2D eigenvalue weighted by Gasteiger charge is -2.29. The first-order valence-corrected chi connectivity index (χ1v) is 10.8. The normalized spacial score (nSPS) is 22.0. The van der Waals surface area contributed by atoms with Gasteiger partial charge in [-0.15, -0.1) is 0 Å². The number of anilines is 2. The second-order valence-electron chi connectivity index (χ2n) is 7.76. The van der Waals surface area contributed by atoms with E-state index in [1.807, 2.05) is 36.4 Å². The van der Waals surface area contributed by atoms with Crippen molar-refractivity contribution in [3.8, 4) is 11.5 Å². The molecule has 3 aromatic rings. The maximum atomic E-state index is 13.7. The minimum absolute atomic E-state index is 0.353. The zero-order valence-corrected chi connectivity index (χ0v) is 18.7. The van der Waals surface area contributed by atoms with Gasteiger partial charge in [-0.3, -0.25) is 14.4 Å². The SMILES string of the molecule is COc1ccc([C@@H]2[C@@H]3C(=O)N(c4cccc(Cl)c4)C(=O)[C@H]3ON2c2ccccc2)c(OC)c1. The summed E-state index contributed by atoms with van der Waals surface area (Å²) in [5.74, 6) is -0.409. The number of hydrogen-bond donors (Lipinski definition) is 0. The first kappa shape index (κ1) is 21.3. The molecule has 33 heavy (non-hydrogen) atoms. The molecular weight excluding hydrogens is 444 g/mol. The number of rotatable bonds is 5. The third-order valence-corrected chi connectivity index (χ3v) is 6.19. The van der Waals surface area contributed by atoms with E-state index in [2.05, 4.69) is 0 Å². The van der Waals surface area contributed by atoms with Crippen molar-refractivity contribution in [3.05, 3.63) is 83.4 Å². The van der Waals surface area contributed by atoms with Gasteiger partial charge in [0.15, 0.2) is 6.10 Å². The summed E-state index contributed by atoms with van der Waals surface area (Å²) < 4.78 is 11.0. The molecule has 3 atom stereocenters. The van der Waals surface area contributed by atoms with Crippen LogP contribution in [0.3, 0.4) is 0 Å². The number of carbonyl (C=O) groups excluding carboxylic acids is 2. The Morgan fingerprint density at radius 1 is 0.848 bits per heavy atom. The van der Waals surface area contributed by atoms with Crippen LogP contribution in [-0.4, -0.2) is 32.1 Å². The van der Waals surface area contributed by atoms with Gasteiger partial charge in [0.05, 0.1) is 31.6 Å². The van der Waals surface area contributed by atoms with E-state index in [9.17, 15) is 9.59 Å². The molecule has 2 saturated heterocycles. The van der Waals surface area contributed by atoms with Crippen LogP contribution in [0.25, 0.3) is 0 Å². The Balaban J connectivity index is 1.62. The monoisotopic (exact) mass is 464 g/mol. The Morgan fingerprint density at radius 2 is 1.61 bits per heavy atom. The highest BCUT2D eigenvalue weighted by Gasteiger charge is 2.60. The molecule has 0 N–H and O–H groups in total. The fraction of sp³-hybridized carbons (Fsp3) is 0.200. The van der Waals surface area contributed by atoms with E-state index in [-0.39, 0.29) is 5.91 Å². The van der Waals surface area contributed by atoms with Crippen LogP contribution in [0.5, 0.6) is 11.5 Å². The van der Waals surface area contributed by atoms with E-state index in [0.717, 1.165) is 10.6 Å². The predicted molar refractivity (Wildman–Crippen MR) is 124 cm³/mol. The lowest BCUT2D eigenvalue weighted by Crippen LogP contribution is -2.37. The molecule has 168 valence electrons. The molecule has 2 amide bonds. The van der Waals surface area contributed by atoms with Crippen LogP contribution in [0, 0.1) is 5.92 Å². The van der Waals surface area contributed by atoms with E-state index in [1.165, 1.54) is 0 Å². The third-order valence-electron chi connectivity index (χ3n) is 5.95. The molecule has 0 radical (unpaired) electrons. The first-order chi connectivity index (χ1) is 16.0. The van der Waals surface area contributed by atoms with E-state index < -0.39 is 24.0 Å². The van der Waals surface area contributed by atoms with E-state index >= 15 is 0 Å². The summed E-state index contributed by atoms with van der Waals surface area (Å²) in [4.78, 5) is 34.4. The summed E-state index contributed by atoms with van der Waals surface area (Å²) in [5, 5.41) is 2.07. The number of amides is 2. The predicted octanol–water partition coefficient (Wildman–Crippen LogP) is 4.41. The van der Waals surface area contributed by atoms with Gasteiger partial charge >= 0.3 is 0 Å². The summed E-state index contributed by atoms with van der Waals surface area (Å²) in [5.41, 5.74) is 1.86. The van der Waals surface area contributed by atoms with Crippen molar-refractivity contribution in [2.75, 3.05) is 24.2 Å². The fourth-order valence-electron chi connectivity index (χ4n) is 4.46. The average molecular weight is 465 g/mol. The van der Waals surface area contributed by atoms with Crippen molar-refractivity contribution in [1.29, 1.82) is 0 Å². The number of halogens is 1. The number of carbonyl (C=O) groups is 2. The second-order valence-corrected chi connectivity index (χ2v) is 8.19. The van der Waals surface area contributed by atoms with E-state index in [4.69, 9.17) is 25.9 Å². The number of methoxy groups -OCH3 is 2. The summed E-state index contributed by atoms with van der Waals surface area (Å²) in [6.45, 7) is 0. The summed E-state index contributed by atoms with van der Waals surface area (Å²) in [6.07, 6.45) is -0.978. The summed E-state index contributed by atoms with van der Waals surface area (Å²) in [6, 6.07) is 20.8. The number of ether oxygens (including phenoxy) is 2. The van der Waals surface area contributed by atoms with Crippen LogP contribution < -0.4 is 19.4 Å². The molecule has 8 heteroatoms. The number of hydrogen-bond acceptors (Lipinski definition) is 6. The van der Waals surface area contributed by atoms with Gasteiger partial charge in [0, 0.05) is 16.7 Å². The van der Waals surface area contributed by atoms with Crippen LogP contribution in [0.1, 0.15) is 11.6 Å². The van der Waals surface area contributed by atoms with Gasteiger partial charge in [-0.2, -0.15) is 0 Å². The lowest BCUT2D eigenvalue weighted by atomic mass is 9.90. The molecule has 0 bridgehead atoms. The van der Waals surface area contributed by atoms with Gasteiger partial charge in [0.2, 0.25) is 5.91 Å². The third kappa shape index (κ3) is 3.50. The van der Waals surface area contributed by atoms with E-state index in [1.54, 1.807) is 55.7 Å².